The molecule has 0 aromatic heterocycles. The highest BCUT2D eigenvalue weighted by molar-refractivity contribution is 7.80. The van der Waals surface area contributed by atoms with Gasteiger partial charge in [0.05, 0.1) is 5.54 Å². The van der Waals surface area contributed by atoms with E-state index < -0.39 is 0 Å². The second kappa shape index (κ2) is 5.76. The van der Waals surface area contributed by atoms with Gasteiger partial charge < -0.3 is 5.32 Å². The highest BCUT2D eigenvalue weighted by Crippen LogP contribution is 2.14. The van der Waals surface area contributed by atoms with Crippen molar-refractivity contribution in [2.24, 2.45) is 4.99 Å². The van der Waals surface area contributed by atoms with Gasteiger partial charge in [-0.2, -0.15) is 12.6 Å². The molecular formula is C11H24N2S. The van der Waals surface area contributed by atoms with E-state index in [-0.39, 0.29) is 11.1 Å². The van der Waals surface area contributed by atoms with Crippen LogP contribution in [0, 0.1) is 0 Å². The Bertz CT molecular complexity index is 176. The molecule has 0 saturated carbocycles. The lowest BCUT2D eigenvalue weighted by Crippen LogP contribution is -2.41. The molecule has 0 aliphatic heterocycles. The summed E-state index contributed by atoms with van der Waals surface area (Å²) in [6.07, 6.45) is 2.10. The van der Waals surface area contributed by atoms with Crippen LogP contribution in [0.3, 0.4) is 0 Å². The molecule has 2 nitrogen and oxygen atoms in total. The van der Waals surface area contributed by atoms with Crippen molar-refractivity contribution in [1.29, 1.82) is 0 Å². The first-order valence-corrected chi connectivity index (χ1v) is 5.80. The quantitative estimate of drug-likeness (QED) is 0.496. The first-order chi connectivity index (χ1) is 6.33. The maximum Gasteiger partial charge on any atom is 0.0557 e. The van der Waals surface area contributed by atoms with Crippen molar-refractivity contribution < 1.29 is 0 Å². The Morgan fingerprint density at radius 2 is 1.79 bits per heavy atom. The van der Waals surface area contributed by atoms with Crippen LogP contribution in [-0.2, 0) is 0 Å². The first kappa shape index (κ1) is 14.0. The Morgan fingerprint density at radius 1 is 1.21 bits per heavy atom. The minimum atomic E-state index is -0.00988. The second-order valence-corrected chi connectivity index (χ2v) is 5.45. The SMILES string of the molecule is C=NC(C)(C)CCNC(C)(C)CCS. The molecule has 0 fully saturated rings. The molecule has 0 atom stereocenters. The first-order valence-electron chi connectivity index (χ1n) is 5.17. The summed E-state index contributed by atoms with van der Waals surface area (Å²) in [7, 11) is 0. The topological polar surface area (TPSA) is 24.4 Å². The normalized spacial score (nSPS) is 12.9. The number of thiol groups is 1. The zero-order chi connectivity index (χ0) is 11.2. The van der Waals surface area contributed by atoms with Crippen LogP contribution in [0.5, 0.6) is 0 Å². The molecule has 0 aromatic rings. The Morgan fingerprint density at radius 3 is 2.21 bits per heavy atom. The average molecular weight is 216 g/mol. The van der Waals surface area contributed by atoms with Gasteiger partial charge in [0, 0.05) is 5.54 Å². The summed E-state index contributed by atoms with van der Waals surface area (Å²) in [5.74, 6) is 0.920. The molecule has 0 saturated heterocycles. The molecule has 0 heterocycles. The number of nitrogens with one attached hydrogen (secondary N) is 1. The molecule has 0 spiro atoms. The van der Waals surface area contributed by atoms with Gasteiger partial charge in [-0.1, -0.05) is 0 Å². The number of aliphatic imine (C=N–C) groups is 1. The van der Waals surface area contributed by atoms with E-state index in [9.17, 15) is 0 Å². The highest BCUT2D eigenvalue weighted by Gasteiger charge is 2.18. The molecule has 0 aliphatic rings. The minimum Gasteiger partial charge on any atom is -0.312 e. The Labute approximate surface area is 94.0 Å². The minimum absolute atomic E-state index is 0.00988. The van der Waals surface area contributed by atoms with Gasteiger partial charge in [-0.25, -0.2) is 0 Å². The Balaban J connectivity index is 3.78. The molecule has 84 valence electrons. The van der Waals surface area contributed by atoms with Crippen molar-refractivity contribution in [1.82, 2.24) is 5.32 Å². The van der Waals surface area contributed by atoms with Gasteiger partial charge in [0.25, 0.3) is 0 Å². The van der Waals surface area contributed by atoms with E-state index in [1.807, 2.05) is 0 Å². The largest absolute Gasteiger partial charge is 0.312 e. The van der Waals surface area contributed by atoms with E-state index in [4.69, 9.17) is 0 Å². The average Bonchev–Trinajstić information content (AvgIpc) is 2.03. The molecule has 0 aromatic carbocycles. The van der Waals surface area contributed by atoms with Crippen molar-refractivity contribution >= 4 is 19.3 Å². The van der Waals surface area contributed by atoms with E-state index in [0.717, 1.165) is 25.1 Å². The fourth-order valence-electron chi connectivity index (χ4n) is 1.15. The van der Waals surface area contributed by atoms with Crippen molar-refractivity contribution in [3.8, 4) is 0 Å². The number of rotatable bonds is 7. The number of nitrogens with zero attached hydrogens (tertiary/aromatic N) is 1. The summed E-state index contributed by atoms with van der Waals surface area (Å²) >= 11 is 4.24. The molecule has 0 radical (unpaired) electrons. The molecule has 0 bridgehead atoms. The lowest BCUT2D eigenvalue weighted by Gasteiger charge is -2.28. The molecule has 0 amide bonds. The van der Waals surface area contributed by atoms with Crippen molar-refractivity contribution in [2.75, 3.05) is 12.3 Å². The third-order valence-corrected chi connectivity index (χ3v) is 2.73. The van der Waals surface area contributed by atoms with Crippen LogP contribution in [0.4, 0.5) is 0 Å². The van der Waals surface area contributed by atoms with Gasteiger partial charge in [-0.05, 0) is 59.6 Å². The summed E-state index contributed by atoms with van der Waals surface area (Å²) in [6, 6.07) is 0. The summed E-state index contributed by atoms with van der Waals surface area (Å²) < 4.78 is 0. The lowest BCUT2D eigenvalue weighted by molar-refractivity contribution is 0.351. The van der Waals surface area contributed by atoms with Crippen LogP contribution in [0.25, 0.3) is 0 Å². The van der Waals surface area contributed by atoms with Crippen molar-refractivity contribution in [3.05, 3.63) is 0 Å². The van der Waals surface area contributed by atoms with E-state index in [2.05, 4.69) is 57.4 Å². The van der Waals surface area contributed by atoms with Crippen molar-refractivity contribution in [2.45, 2.75) is 51.6 Å². The fourth-order valence-corrected chi connectivity index (χ4v) is 1.71. The van der Waals surface area contributed by atoms with E-state index in [0.29, 0.717) is 0 Å². The summed E-state index contributed by atoms with van der Waals surface area (Å²) in [6.45, 7) is 13.2. The molecule has 0 unspecified atom stereocenters. The molecule has 1 N–H and O–H groups in total. The number of hydrogen-bond donors (Lipinski definition) is 2. The maximum absolute atomic E-state index is 4.24. The fraction of sp³-hybridized carbons (Fsp3) is 0.909. The van der Waals surface area contributed by atoms with Gasteiger partial charge in [-0.3, -0.25) is 4.99 Å². The predicted octanol–water partition coefficient (Wildman–Crippen LogP) is 2.54. The van der Waals surface area contributed by atoms with Gasteiger partial charge in [0.2, 0.25) is 0 Å². The standard InChI is InChI=1S/C11H24N2S/c1-10(2,12-5)6-8-13-11(3,4)7-9-14/h13-14H,5-9H2,1-4H3. The zero-order valence-corrected chi connectivity index (χ0v) is 10.8. The zero-order valence-electron chi connectivity index (χ0n) is 9.93. The molecule has 0 aliphatic carbocycles. The van der Waals surface area contributed by atoms with Crippen LogP contribution >= 0.6 is 12.6 Å². The lowest BCUT2D eigenvalue weighted by atomic mass is 9.98. The smallest absolute Gasteiger partial charge is 0.0557 e. The Kier molecular flexibility index (Phi) is 5.75. The number of hydrogen-bond acceptors (Lipinski definition) is 3. The molecule has 14 heavy (non-hydrogen) atoms. The van der Waals surface area contributed by atoms with Gasteiger partial charge in [0.1, 0.15) is 0 Å². The van der Waals surface area contributed by atoms with Crippen LogP contribution < -0.4 is 5.32 Å². The maximum atomic E-state index is 4.24. The van der Waals surface area contributed by atoms with E-state index in [1.165, 1.54) is 0 Å². The summed E-state index contributed by atoms with van der Waals surface area (Å²) in [4.78, 5) is 4.08. The predicted molar refractivity (Wildman–Crippen MR) is 68.8 cm³/mol. The summed E-state index contributed by atoms with van der Waals surface area (Å²) in [5.41, 5.74) is 0.170. The van der Waals surface area contributed by atoms with Gasteiger partial charge in [-0.15, -0.1) is 0 Å². The molecular weight excluding hydrogens is 192 g/mol. The van der Waals surface area contributed by atoms with E-state index >= 15 is 0 Å². The molecule has 0 rings (SSSR count). The van der Waals surface area contributed by atoms with Crippen LogP contribution in [-0.4, -0.2) is 30.1 Å². The third-order valence-electron chi connectivity index (χ3n) is 2.51. The third kappa shape index (κ3) is 6.44. The highest BCUT2D eigenvalue weighted by atomic mass is 32.1. The van der Waals surface area contributed by atoms with Crippen LogP contribution in [0.15, 0.2) is 4.99 Å². The molecule has 3 heteroatoms. The van der Waals surface area contributed by atoms with E-state index in [1.54, 1.807) is 0 Å². The second-order valence-electron chi connectivity index (χ2n) is 5.00. The van der Waals surface area contributed by atoms with Crippen LogP contribution in [0.2, 0.25) is 0 Å². The van der Waals surface area contributed by atoms with Gasteiger partial charge >= 0.3 is 0 Å². The van der Waals surface area contributed by atoms with Crippen LogP contribution in [0.1, 0.15) is 40.5 Å². The van der Waals surface area contributed by atoms with Crippen molar-refractivity contribution in [3.63, 3.8) is 0 Å². The monoisotopic (exact) mass is 216 g/mol. The Hall–Kier alpha value is -0.0200. The van der Waals surface area contributed by atoms with Gasteiger partial charge in [0.15, 0.2) is 0 Å². The summed E-state index contributed by atoms with van der Waals surface area (Å²) in [5, 5.41) is 3.51.